The van der Waals surface area contributed by atoms with Crippen LogP contribution in [-0.2, 0) is 18.3 Å². The number of hydrogen-bond donors (Lipinski definition) is 0. The number of carbonyl (C=O) groups excluding carboxylic acids is 1. The first-order valence-electron chi connectivity index (χ1n) is 0.908. The van der Waals surface area contributed by atoms with E-state index >= 15 is 0 Å². The number of aliphatic carboxylic acids is 1. The van der Waals surface area contributed by atoms with Gasteiger partial charge in [0, 0.05) is 5.97 Å². The minimum atomic E-state index is -1.08. The smallest absolute Gasteiger partial charge is 0.813 e. The van der Waals surface area contributed by atoms with E-state index in [4.69, 9.17) is 9.90 Å². The molecule has 7 heavy (non-hydrogen) atoms. The quantitative estimate of drug-likeness (QED) is 0.319. The van der Waals surface area contributed by atoms with Gasteiger partial charge >= 0.3 is 138 Å². The van der Waals surface area contributed by atoms with Crippen molar-refractivity contribution in [2.24, 2.45) is 0 Å². The first-order chi connectivity index (χ1) is 1.73. The van der Waals surface area contributed by atoms with Gasteiger partial charge in [0.1, 0.15) is 0 Å². The largest absolute Gasteiger partial charge is 1.00 e. The molecule has 0 aliphatic rings. The summed E-state index contributed by atoms with van der Waals surface area (Å²) >= 11 is 0. The third-order valence-corrected chi connectivity index (χ3v) is 0. The first-order valence-corrected chi connectivity index (χ1v) is 0.908. The van der Waals surface area contributed by atoms with Crippen molar-refractivity contribution >= 4 is 19.5 Å². The van der Waals surface area contributed by atoms with Crippen molar-refractivity contribution in [3.8, 4) is 0 Å². The van der Waals surface area contributed by atoms with Gasteiger partial charge in [-0.1, -0.05) is 0 Å². The van der Waals surface area contributed by atoms with E-state index < -0.39 is 5.97 Å². The maximum atomic E-state index is 8.89. The molecule has 0 aromatic rings. The number of carbonyl (C=O) groups is 1. The zero-order chi connectivity index (χ0) is 3.58. The second kappa shape index (κ2) is 16.5. The molecule has 0 rings (SSSR count). The monoisotopic (exact) mass is 358 g/mol. The molecule has 0 saturated carbocycles. The molecule has 0 saturated heterocycles. The Morgan fingerprint density at radius 2 is 1.43 bits per heavy atom. The van der Waals surface area contributed by atoms with Crippen LogP contribution in [0.5, 0.6) is 0 Å². The molecule has 5 heteroatoms. The van der Waals surface area contributed by atoms with Gasteiger partial charge in [-0.05, 0) is 6.92 Å². The Bertz CT molecular complexity index is 36.7. The van der Waals surface area contributed by atoms with Gasteiger partial charge in [-0.3, -0.25) is 0 Å². The molecule has 0 fully saturated rings. The van der Waals surface area contributed by atoms with Crippen LogP contribution < -0.4 is 143 Å². The third-order valence-electron chi connectivity index (χ3n) is 0. The van der Waals surface area contributed by atoms with Crippen molar-refractivity contribution in [1.82, 2.24) is 0 Å². The molecule has 2 nitrogen and oxygen atoms in total. The minimum Gasteiger partial charge on any atom is -0.813 e. The Hall–Kier alpha value is 3.92. The molecule has 0 atom stereocenters. The summed E-state index contributed by atoms with van der Waals surface area (Å²) in [6, 6.07) is 0. The number of hydrogen-bond acceptors (Lipinski definition) is 3. The van der Waals surface area contributed by atoms with Crippen LogP contribution in [0.15, 0.2) is 0 Å². The molecule has 0 amide bonds. The maximum absolute atomic E-state index is 8.89. The van der Waals surface area contributed by atoms with Crippen molar-refractivity contribution in [2.75, 3.05) is 0 Å². The third kappa shape index (κ3) is 40.5. The summed E-state index contributed by atoms with van der Waals surface area (Å²) < 4.78 is 0. The predicted octanol–water partition coefficient (Wildman–Crippen LogP) is -7.51. The number of rotatable bonds is 0. The SMILES string of the molecule is CC(=O)[O-].[Cs+].[Cs+].[SH-]. The van der Waals surface area contributed by atoms with Gasteiger partial charge in [0.15, 0.2) is 0 Å². The molecule has 0 spiro atoms. The molecular weight excluding hydrogens is 354 g/mol. The summed E-state index contributed by atoms with van der Waals surface area (Å²) in [5, 5.41) is 8.89. The van der Waals surface area contributed by atoms with Crippen molar-refractivity contribution in [3.63, 3.8) is 0 Å². The summed E-state index contributed by atoms with van der Waals surface area (Å²) in [6.45, 7) is 0.972. The van der Waals surface area contributed by atoms with E-state index in [1.807, 2.05) is 0 Å². The molecule has 0 aromatic heterocycles. The van der Waals surface area contributed by atoms with E-state index in [0.29, 0.717) is 0 Å². The van der Waals surface area contributed by atoms with E-state index in [-0.39, 0.29) is 151 Å². The maximum Gasteiger partial charge on any atom is 1.00 e. The van der Waals surface area contributed by atoms with E-state index in [9.17, 15) is 0 Å². The molecule has 0 aromatic carbocycles. The average molecular weight is 358 g/mol. The molecule has 0 bridgehead atoms. The van der Waals surface area contributed by atoms with Gasteiger partial charge in [0.25, 0.3) is 0 Å². The van der Waals surface area contributed by atoms with Gasteiger partial charge in [-0.2, -0.15) is 0 Å². The van der Waals surface area contributed by atoms with Crippen LogP contribution in [0.25, 0.3) is 0 Å². The van der Waals surface area contributed by atoms with E-state index in [1.165, 1.54) is 0 Å². The molecule has 0 aliphatic carbocycles. The van der Waals surface area contributed by atoms with E-state index in [2.05, 4.69) is 0 Å². The fraction of sp³-hybridized carbons (Fsp3) is 0.500. The summed E-state index contributed by atoms with van der Waals surface area (Å²) in [5.74, 6) is -1.08. The summed E-state index contributed by atoms with van der Waals surface area (Å²) in [7, 11) is 0. The summed E-state index contributed by atoms with van der Waals surface area (Å²) in [6.07, 6.45) is 0. The Morgan fingerprint density at radius 3 is 1.43 bits per heavy atom. The molecule has 0 aliphatic heterocycles. The van der Waals surface area contributed by atoms with Crippen LogP contribution in [0.4, 0.5) is 0 Å². The Kier molecular flexibility index (Phi) is 52.8. The van der Waals surface area contributed by atoms with Crippen LogP contribution in [0, 0.1) is 0 Å². The molecule has 0 N–H and O–H groups in total. The Balaban J connectivity index is -0.0000000150. The van der Waals surface area contributed by atoms with Crippen LogP contribution in [0.2, 0.25) is 0 Å². The second-order valence-corrected chi connectivity index (χ2v) is 0.492. The van der Waals surface area contributed by atoms with Crippen molar-refractivity contribution < 1.29 is 148 Å². The second-order valence-electron chi connectivity index (χ2n) is 0.492. The Labute approximate surface area is 168 Å². The number of carboxylic acids is 1. The topological polar surface area (TPSA) is 40.1 Å². The van der Waals surface area contributed by atoms with Gasteiger partial charge in [0.2, 0.25) is 0 Å². The van der Waals surface area contributed by atoms with Gasteiger partial charge < -0.3 is 23.4 Å². The molecule has 0 heterocycles. The van der Waals surface area contributed by atoms with E-state index in [1.54, 1.807) is 0 Å². The Morgan fingerprint density at radius 1 is 1.43 bits per heavy atom. The van der Waals surface area contributed by atoms with Crippen molar-refractivity contribution in [1.29, 1.82) is 0 Å². The standard InChI is InChI=1S/C2H4O2.2Cs.H2S/c1-2(3)4;;;/h1H3,(H,3,4);;;1H2/q;2*+1;/p-2. The van der Waals surface area contributed by atoms with Crippen LogP contribution in [0.1, 0.15) is 6.92 Å². The summed E-state index contributed by atoms with van der Waals surface area (Å²) in [4.78, 5) is 8.89. The number of carboxylic acid groups (broad SMARTS) is 1. The molecule has 0 unspecified atom stereocenters. The van der Waals surface area contributed by atoms with Crippen molar-refractivity contribution in [3.05, 3.63) is 0 Å². The fourth-order valence-electron chi connectivity index (χ4n) is 0. The van der Waals surface area contributed by atoms with Crippen molar-refractivity contribution in [2.45, 2.75) is 6.92 Å². The summed E-state index contributed by atoms with van der Waals surface area (Å²) in [5.41, 5.74) is 0. The van der Waals surface area contributed by atoms with E-state index in [0.717, 1.165) is 6.92 Å². The zero-order valence-corrected chi connectivity index (χ0v) is 18.2. The minimum absolute atomic E-state index is 0. The fourth-order valence-corrected chi connectivity index (χ4v) is 0. The van der Waals surface area contributed by atoms with Crippen LogP contribution >= 0.6 is 0 Å². The van der Waals surface area contributed by atoms with Gasteiger partial charge in [-0.15, -0.1) is 0 Å². The first kappa shape index (κ1) is 22.4. The normalized spacial score (nSPS) is 3.57. The number of thiol groups is 1. The molecule has 32 valence electrons. The van der Waals surface area contributed by atoms with Gasteiger partial charge in [0.05, 0.1) is 0 Å². The molecule has 0 radical (unpaired) electrons. The predicted molar refractivity (Wildman–Crippen MR) is 19.4 cm³/mol. The average Bonchev–Trinajstić information content (AvgIpc) is 0.811. The van der Waals surface area contributed by atoms with Crippen LogP contribution in [-0.4, -0.2) is 5.97 Å². The zero-order valence-electron chi connectivity index (χ0n) is 4.76. The molecular formula is C2H4Cs2O2S. The van der Waals surface area contributed by atoms with Gasteiger partial charge in [-0.25, -0.2) is 0 Å². The van der Waals surface area contributed by atoms with Crippen LogP contribution in [0.3, 0.4) is 0 Å².